The Hall–Kier alpha value is -1.59. The molecule has 3 rings (SSSR count). The summed E-state index contributed by atoms with van der Waals surface area (Å²) in [6, 6.07) is 5.60. The minimum absolute atomic E-state index is 0. The van der Waals surface area contributed by atoms with Gasteiger partial charge < -0.3 is 15.1 Å². The maximum Gasteiger partial charge on any atom is 0.231 e. The number of carbonyl (C=O) groups excluding carboxylic acids is 1. The zero-order valence-electron chi connectivity index (χ0n) is 12.9. The summed E-state index contributed by atoms with van der Waals surface area (Å²) in [5.74, 6) is 0.783. The van der Waals surface area contributed by atoms with E-state index in [1.54, 1.807) is 0 Å². The number of hydrogen-bond donors (Lipinski definition) is 2. The number of aryl methyl sites for hydroxylation is 1. The summed E-state index contributed by atoms with van der Waals surface area (Å²) in [4.78, 5) is 16.9. The molecule has 6 heteroatoms. The lowest BCUT2D eigenvalue weighted by Gasteiger charge is -2.32. The summed E-state index contributed by atoms with van der Waals surface area (Å²) in [7, 11) is 0. The molecule has 0 radical (unpaired) electrons. The van der Waals surface area contributed by atoms with Crippen LogP contribution in [0.3, 0.4) is 0 Å². The fraction of sp³-hybridized carbons (Fsp3) is 0.500. The van der Waals surface area contributed by atoms with Crippen molar-refractivity contribution in [3.8, 4) is 0 Å². The molecule has 5 nitrogen and oxygen atoms in total. The Morgan fingerprint density at radius 3 is 3.00 bits per heavy atom. The number of nitrogens with one attached hydrogen (secondary N) is 2. The number of rotatable bonds is 3. The molecule has 22 heavy (non-hydrogen) atoms. The van der Waals surface area contributed by atoms with Crippen molar-refractivity contribution < 1.29 is 9.21 Å². The Kier molecular flexibility index (Phi) is 5.08. The Labute approximate surface area is 136 Å². The summed E-state index contributed by atoms with van der Waals surface area (Å²) in [6.45, 7) is 5.74. The van der Waals surface area contributed by atoms with Gasteiger partial charge in [-0.15, -0.1) is 12.4 Å². The predicted molar refractivity (Wildman–Crippen MR) is 89.5 cm³/mol. The second-order valence-corrected chi connectivity index (χ2v) is 5.94. The Morgan fingerprint density at radius 1 is 1.50 bits per heavy atom. The molecule has 1 saturated heterocycles. The third-order valence-corrected chi connectivity index (χ3v) is 4.14. The van der Waals surface area contributed by atoms with Gasteiger partial charge in [0.05, 0.1) is 5.41 Å². The van der Waals surface area contributed by atoms with E-state index in [1.807, 2.05) is 32.0 Å². The summed E-state index contributed by atoms with van der Waals surface area (Å²) in [5.41, 5.74) is 1.98. The molecule has 1 amide bonds. The number of amides is 1. The van der Waals surface area contributed by atoms with Gasteiger partial charge in [-0.1, -0.05) is 6.92 Å². The van der Waals surface area contributed by atoms with Crippen molar-refractivity contribution in [3.63, 3.8) is 0 Å². The van der Waals surface area contributed by atoms with Gasteiger partial charge in [0, 0.05) is 18.7 Å². The minimum Gasteiger partial charge on any atom is -0.441 e. The zero-order chi connectivity index (χ0) is 14.9. The van der Waals surface area contributed by atoms with Crippen molar-refractivity contribution >= 4 is 35.1 Å². The lowest BCUT2D eigenvalue weighted by molar-refractivity contribution is -0.125. The van der Waals surface area contributed by atoms with Crippen molar-refractivity contribution in [1.29, 1.82) is 0 Å². The number of benzene rings is 1. The number of carbonyl (C=O) groups is 1. The van der Waals surface area contributed by atoms with E-state index in [9.17, 15) is 4.79 Å². The molecule has 1 aliphatic heterocycles. The fourth-order valence-electron chi connectivity index (χ4n) is 2.74. The molecule has 0 bridgehead atoms. The Morgan fingerprint density at radius 2 is 2.32 bits per heavy atom. The number of hydrogen-bond acceptors (Lipinski definition) is 4. The van der Waals surface area contributed by atoms with E-state index in [0.29, 0.717) is 0 Å². The van der Waals surface area contributed by atoms with E-state index in [2.05, 4.69) is 15.6 Å². The standard InChI is InChI=1S/C16H21N3O2.ClH/c1-3-14-19-12-9-11(5-6-13(12)21-14)18-15(20)16(2)7-4-8-17-10-16;/h5-6,9,17H,3-4,7-8,10H2,1-2H3,(H,18,20);1H. The molecule has 1 aromatic carbocycles. The summed E-state index contributed by atoms with van der Waals surface area (Å²) in [5, 5.41) is 6.31. The number of nitrogens with zero attached hydrogens (tertiary/aromatic N) is 1. The molecule has 1 fully saturated rings. The third-order valence-electron chi connectivity index (χ3n) is 4.14. The first-order chi connectivity index (χ1) is 10.1. The first-order valence-corrected chi connectivity index (χ1v) is 7.52. The number of fused-ring (bicyclic) bond motifs is 1. The van der Waals surface area contributed by atoms with Crippen molar-refractivity contribution in [2.75, 3.05) is 18.4 Å². The number of anilines is 1. The predicted octanol–water partition coefficient (Wildman–Crippen LogP) is 3.14. The van der Waals surface area contributed by atoms with Gasteiger partial charge in [0.25, 0.3) is 0 Å². The molecule has 1 unspecified atom stereocenters. The van der Waals surface area contributed by atoms with Crippen molar-refractivity contribution in [2.24, 2.45) is 5.41 Å². The van der Waals surface area contributed by atoms with Crippen LogP contribution >= 0.6 is 12.4 Å². The van der Waals surface area contributed by atoms with Gasteiger partial charge in [-0.05, 0) is 44.5 Å². The first kappa shape index (κ1) is 16.8. The molecular weight excluding hydrogens is 302 g/mol. The maximum atomic E-state index is 12.5. The second-order valence-electron chi connectivity index (χ2n) is 5.94. The van der Waals surface area contributed by atoms with Crippen LogP contribution in [-0.2, 0) is 11.2 Å². The van der Waals surface area contributed by atoms with E-state index >= 15 is 0 Å². The Balaban J connectivity index is 0.00000176. The van der Waals surface area contributed by atoms with Crippen LogP contribution < -0.4 is 10.6 Å². The summed E-state index contributed by atoms with van der Waals surface area (Å²) >= 11 is 0. The topological polar surface area (TPSA) is 67.2 Å². The normalized spacial score (nSPS) is 21.4. The third kappa shape index (κ3) is 3.25. The summed E-state index contributed by atoms with van der Waals surface area (Å²) < 4.78 is 5.58. The highest BCUT2D eigenvalue weighted by atomic mass is 35.5. The average molecular weight is 324 g/mol. The first-order valence-electron chi connectivity index (χ1n) is 7.52. The highest BCUT2D eigenvalue weighted by Crippen LogP contribution is 2.28. The van der Waals surface area contributed by atoms with E-state index in [-0.39, 0.29) is 23.7 Å². The SMILES string of the molecule is CCc1nc2cc(NC(=O)C3(C)CCCNC3)ccc2o1.Cl. The van der Waals surface area contributed by atoms with Gasteiger partial charge in [-0.3, -0.25) is 4.79 Å². The van der Waals surface area contributed by atoms with Crippen LogP contribution in [0.5, 0.6) is 0 Å². The quantitative estimate of drug-likeness (QED) is 0.910. The molecule has 0 spiro atoms. The molecule has 2 heterocycles. The van der Waals surface area contributed by atoms with Crippen LogP contribution in [-0.4, -0.2) is 24.0 Å². The molecular formula is C16H22ClN3O2. The van der Waals surface area contributed by atoms with Gasteiger partial charge in [-0.2, -0.15) is 0 Å². The van der Waals surface area contributed by atoms with Gasteiger partial charge in [0.2, 0.25) is 5.91 Å². The van der Waals surface area contributed by atoms with E-state index in [1.165, 1.54) is 0 Å². The number of aromatic nitrogens is 1. The highest BCUT2D eigenvalue weighted by Gasteiger charge is 2.34. The van der Waals surface area contributed by atoms with Gasteiger partial charge in [-0.25, -0.2) is 4.98 Å². The molecule has 0 saturated carbocycles. The minimum atomic E-state index is -0.342. The van der Waals surface area contributed by atoms with Gasteiger partial charge in [0.1, 0.15) is 5.52 Å². The van der Waals surface area contributed by atoms with Crippen LogP contribution in [0.2, 0.25) is 0 Å². The number of piperidine rings is 1. The average Bonchev–Trinajstić information content (AvgIpc) is 2.90. The molecule has 120 valence electrons. The molecule has 2 aromatic rings. The van der Waals surface area contributed by atoms with Crippen molar-refractivity contribution in [1.82, 2.24) is 10.3 Å². The second kappa shape index (κ2) is 6.67. The smallest absolute Gasteiger partial charge is 0.231 e. The summed E-state index contributed by atoms with van der Waals surface area (Å²) in [6.07, 6.45) is 2.71. The van der Waals surface area contributed by atoms with E-state index in [0.717, 1.165) is 55.0 Å². The number of oxazole rings is 1. The molecule has 2 N–H and O–H groups in total. The fourth-order valence-corrected chi connectivity index (χ4v) is 2.74. The lowest BCUT2D eigenvalue weighted by atomic mass is 9.82. The monoisotopic (exact) mass is 323 g/mol. The molecule has 1 aliphatic rings. The van der Waals surface area contributed by atoms with Gasteiger partial charge >= 0.3 is 0 Å². The maximum absolute atomic E-state index is 12.5. The molecule has 1 aromatic heterocycles. The van der Waals surface area contributed by atoms with Crippen LogP contribution in [0, 0.1) is 5.41 Å². The Bertz CT molecular complexity index is 662. The van der Waals surface area contributed by atoms with Crippen molar-refractivity contribution in [2.45, 2.75) is 33.1 Å². The molecule has 1 atom stereocenters. The van der Waals surface area contributed by atoms with Gasteiger partial charge in [0.15, 0.2) is 11.5 Å². The largest absolute Gasteiger partial charge is 0.441 e. The van der Waals surface area contributed by atoms with Crippen LogP contribution in [0.15, 0.2) is 22.6 Å². The van der Waals surface area contributed by atoms with Crippen LogP contribution in [0.25, 0.3) is 11.1 Å². The lowest BCUT2D eigenvalue weighted by Crippen LogP contribution is -2.46. The van der Waals surface area contributed by atoms with Crippen molar-refractivity contribution in [3.05, 3.63) is 24.1 Å². The zero-order valence-corrected chi connectivity index (χ0v) is 13.8. The van der Waals surface area contributed by atoms with Crippen LogP contribution in [0.4, 0.5) is 5.69 Å². The highest BCUT2D eigenvalue weighted by molar-refractivity contribution is 5.96. The molecule has 0 aliphatic carbocycles. The van der Waals surface area contributed by atoms with Crippen LogP contribution in [0.1, 0.15) is 32.6 Å². The van der Waals surface area contributed by atoms with E-state index < -0.39 is 0 Å². The van der Waals surface area contributed by atoms with E-state index in [4.69, 9.17) is 4.42 Å². The number of halogens is 1.